The van der Waals surface area contributed by atoms with E-state index in [0.29, 0.717) is 12.1 Å². The van der Waals surface area contributed by atoms with Crippen LogP contribution in [0, 0.1) is 0 Å². The molecular weight excluding hydrogens is 472 g/mol. The third-order valence-corrected chi connectivity index (χ3v) is 8.16. The van der Waals surface area contributed by atoms with Crippen molar-refractivity contribution < 1.29 is 9.59 Å². The second-order valence-corrected chi connectivity index (χ2v) is 10.6. The molecule has 194 valence electrons. The van der Waals surface area contributed by atoms with Gasteiger partial charge >= 0.3 is 0 Å². The van der Waals surface area contributed by atoms with Crippen LogP contribution in [-0.2, 0) is 17.8 Å². The number of ketones is 1. The fraction of sp³-hybridized carbons (Fsp3) is 0.312. The van der Waals surface area contributed by atoms with E-state index in [0.717, 1.165) is 54.5 Å². The van der Waals surface area contributed by atoms with E-state index in [9.17, 15) is 9.59 Å². The summed E-state index contributed by atoms with van der Waals surface area (Å²) in [5.74, 6) is -0.476. The van der Waals surface area contributed by atoms with Gasteiger partial charge in [0.05, 0.1) is 18.5 Å². The molecule has 0 spiro atoms. The van der Waals surface area contributed by atoms with Gasteiger partial charge in [0.15, 0.2) is 5.78 Å². The lowest BCUT2D eigenvalue weighted by molar-refractivity contribution is -0.124. The minimum Gasteiger partial charge on any atom is -0.361 e. The molecule has 0 saturated heterocycles. The van der Waals surface area contributed by atoms with Gasteiger partial charge in [-0.25, -0.2) is 0 Å². The van der Waals surface area contributed by atoms with E-state index in [-0.39, 0.29) is 24.3 Å². The van der Waals surface area contributed by atoms with Crippen LogP contribution in [0.5, 0.6) is 0 Å². The third kappa shape index (κ3) is 4.66. The van der Waals surface area contributed by atoms with Crippen molar-refractivity contribution in [1.82, 2.24) is 20.1 Å². The molecule has 0 bridgehead atoms. The molecule has 1 amide bonds. The van der Waals surface area contributed by atoms with Crippen LogP contribution in [0.15, 0.2) is 79.0 Å². The standard InChI is InChI=1S/C32H34N4O2/c1-35-21-29(37)25-12-4-5-13-26(25)30(31(35)27-19-34-28-14-7-6-11-24(27)28)32(38)33-16-8-17-36-18-15-22-9-2-3-10-23(22)20-36/h2-7,9-14,19,30-31,34H,8,15-18,20-21H2,1H3,(H,33,38). The molecule has 3 aromatic carbocycles. The highest BCUT2D eigenvalue weighted by atomic mass is 16.2. The normalized spacial score (nSPS) is 20.1. The van der Waals surface area contributed by atoms with Crippen LogP contribution in [0.4, 0.5) is 0 Å². The number of benzene rings is 3. The van der Waals surface area contributed by atoms with Gasteiger partial charge in [0, 0.05) is 48.8 Å². The Hall–Kier alpha value is -3.74. The highest BCUT2D eigenvalue weighted by Gasteiger charge is 2.40. The molecule has 3 heterocycles. The summed E-state index contributed by atoms with van der Waals surface area (Å²) in [4.78, 5) is 35.0. The minimum atomic E-state index is -0.497. The molecule has 2 N–H and O–H groups in total. The number of aromatic amines is 1. The molecule has 0 saturated carbocycles. The monoisotopic (exact) mass is 506 g/mol. The Morgan fingerprint density at radius 2 is 1.71 bits per heavy atom. The Morgan fingerprint density at radius 1 is 0.947 bits per heavy atom. The van der Waals surface area contributed by atoms with Crippen LogP contribution in [0.2, 0.25) is 0 Å². The Kier molecular flexibility index (Phi) is 6.83. The number of para-hydroxylation sites is 1. The minimum absolute atomic E-state index is 0.0294. The summed E-state index contributed by atoms with van der Waals surface area (Å²) in [6.07, 6.45) is 3.96. The quantitative estimate of drug-likeness (QED) is 0.373. The van der Waals surface area contributed by atoms with Gasteiger partial charge < -0.3 is 10.3 Å². The smallest absolute Gasteiger partial charge is 0.229 e. The van der Waals surface area contributed by atoms with Crippen LogP contribution in [0.1, 0.15) is 51.0 Å². The first-order valence-corrected chi connectivity index (χ1v) is 13.6. The first kappa shape index (κ1) is 24.6. The summed E-state index contributed by atoms with van der Waals surface area (Å²) in [5, 5.41) is 4.32. The number of H-pyrrole nitrogens is 1. The summed E-state index contributed by atoms with van der Waals surface area (Å²) >= 11 is 0. The zero-order valence-corrected chi connectivity index (χ0v) is 21.8. The molecule has 0 aliphatic carbocycles. The Balaban J connectivity index is 1.22. The summed E-state index contributed by atoms with van der Waals surface area (Å²) < 4.78 is 0. The highest BCUT2D eigenvalue weighted by molar-refractivity contribution is 6.02. The van der Waals surface area contributed by atoms with Crippen LogP contribution < -0.4 is 5.32 Å². The molecule has 38 heavy (non-hydrogen) atoms. The molecule has 2 aliphatic rings. The lowest BCUT2D eigenvalue weighted by atomic mass is 9.84. The third-order valence-electron chi connectivity index (χ3n) is 8.16. The van der Waals surface area contributed by atoms with Crippen molar-refractivity contribution in [3.8, 4) is 0 Å². The fourth-order valence-corrected chi connectivity index (χ4v) is 6.27. The molecule has 2 aliphatic heterocycles. The molecule has 4 aromatic rings. The largest absolute Gasteiger partial charge is 0.361 e. The molecular formula is C32H34N4O2. The maximum atomic E-state index is 13.9. The van der Waals surface area contributed by atoms with Gasteiger partial charge in [-0.1, -0.05) is 66.7 Å². The van der Waals surface area contributed by atoms with E-state index >= 15 is 0 Å². The molecule has 2 atom stereocenters. The zero-order valence-electron chi connectivity index (χ0n) is 21.8. The van der Waals surface area contributed by atoms with E-state index in [1.807, 2.05) is 60.6 Å². The molecule has 2 unspecified atom stereocenters. The average molecular weight is 507 g/mol. The van der Waals surface area contributed by atoms with Gasteiger partial charge in [0.25, 0.3) is 0 Å². The van der Waals surface area contributed by atoms with Gasteiger partial charge in [0.2, 0.25) is 5.91 Å². The SMILES string of the molecule is CN1CC(=O)c2ccccc2C(C(=O)NCCCN2CCc3ccccc3C2)C1c1c[nH]c2ccccc12. The summed E-state index contributed by atoms with van der Waals surface area (Å²) in [7, 11) is 1.95. The lowest BCUT2D eigenvalue weighted by Crippen LogP contribution is -2.39. The van der Waals surface area contributed by atoms with Gasteiger partial charge in [0.1, 0.15) is 0 Å². The first-order valence-electron chi connectivity index (χ1n) is 13.6. The van der Waals surface area contributed by atoms with E-state index in [4.69, 9.17) is 0 Å². The maximum absolute atomic E-state index is 13.9. The molecule has 0 radical (unpaired) electrons. The average Bonchev–Trinajstić information content (AvgIpc) is 3.33. The number of amides is 1. The van der Waals surface area contributed by atoms with Crippen molar-refractivity contribution in [1.29, 1.82) is 0 Å². The number of carbonyl (C=O) groups is 2. The maximum Gasteiger partial charge on any atom is 0.229 e. The number of hydrogen-bond acceptors (Lipinski definition) is 4. The molecule has 0 fully saturated rings. The number of fused-ring (bicyclic) bond motifs is 3. The van der Waals surface area contributed by atoms with Crippen molar-refractivity contribution >= 4 is 22.6 Å². The Bertz CT molecular complexity index is 1480. The Labute approximate surface area is 223 Å². The predicted octanol–water partition coefficient (Wildman–Crippen LogP) is 4.69. The van der Waals surface area contributed by atoms with E-state index in [1.165, 1.54) is 11.1 Å². The summed E-state index contributed by atoms with van der Waals surface area (Å²) in [5.41, 5.74) is 6.39. The van der Waals surface area contributed by atoms with Gasteiger partial charge in [-0.3, -0.25) is 19.4 Å². The molecule has 1 aromatic heterocycles. The van der Waals surface area contributed by atoms with Crippen molar-refractivity contribution in [3.05, 3.63) is 107 Å². The first-order chi connectivity index (χ1) is 18.6. The highest BCUT2D eigenvalue weighted by Crippen LogP contribution is 2.42. The summed E-state index contributed by atoms with van der Waals surface area (Å²) in [6, 6.07) is 24.2. The second kappa shape index (κ2) is 10.6. The topological polar surface area (TPSA) is 68.4 Å². The van der Waals surface area contributed by atoms with Gasteiger partial charge in [-0.15, -0.1) is 0 Å². The van der Waals surface area contributed by atoms with Crippen LogP contribution >= 0.6 is 0 Å². The van der Waals surface area contributed by atoms with E-state index in [1.54, 1.807) is 0 Å². The van der Waals surface area contributed by atoms with E-state index in [2.05, 4.69) is 45.5 Å². The van der Waals surface area contributed by atoms with Crippen LogP contribution in [-0.4, -0.2) is 59.7 Å². The van der Waals surface area contributed by atoms with Gasteiger partial charge in [-0.2, -0.15) is 0 Å². The Morgan fingerprint density at radius 3 is 2.61 bits per heavy atom. The second-order valence-electron chi connectivity index (χ2n) is 10.6. The lowest BCUT2D eigenvalue weighted by Gasteiger charge is -2.32. The molecule has 6 nitrogen and oxygen atoms in total. The fourth-order valence-electron chi connectivity index (χ4n) is 6.27. The number of carbonyl (C=O) groups excluding carboxylic acids is 2. The number of nitrogens with one attached hydrogen (secondary N) is 2. The van der Waals surface area contributed by atoms with E-state index < -0.39 is 5.92 Å². The summed E-state index contributed by atoms with van der Waals surface area (Å²) in [6.45, 7) is 3.83. The molecule has 6 heteroatoms. The number of likely N-dealkylation sites (N-methyl/N-ethyl adjacent to an activating group) is 1. The number of hydrogen-bond donors (Lipinski definition) is 2. The van der Waals surface area contributed by atoms with Crippen LogP contribution in [0.25, 0.3) is 10.9 Å². The van der Waals surface area contributed by atoms with Crippen molar-refractivity contribution in [2.24, 2.45) is 0 Å². The number of rotatable bonds is 6. The van der Waals surface area contributed by atoms with Crippen molar-refractivity contribution in [2.45, 2.75) is 31.3 Å². The van der Waals surface area contributed by atoms with Gasteiger partial charge in [-0.05, 0) is 48.2 Å². The predicted molar refractivity (Wildman–Crippen MR) is 150 cm³/mol. The number of aromatic nitrogens is 1. The molecule has 6 rings (SSSR count). The van der Waals surface area contributed by atoms with Crippen LogP contribution in [0.3, 0.4) is 0 Å². The van der Waals surface area contributed by atoms with Crippen molar-refractivity contribution in [2.75, 3.05) is 33.2 Å². The van der Waals surface area contributed by atoms with Crippen molar-refractivity contribution in [3.63, 3.8) is 0 Å². The number of nitrogens with zero attached hydrogens (tertiary/aromatic N) is 2. The number of Topliss-reactive ketones (excluding diaryl/α,β-unsaturated/α-hetero) is 1. The zero-order chi connectivity index (χ0) is 26.1.